The highest BCUT2D eigenvalue weighted by atomic mass is 28.5. The molecule has 0 aliphatic heterocycles. The molecular formula is C18H44O3Si3. The summed E-state index contributed by atoms with van der Waals surface area (Å²) in [7, 11) is -5.90. The van der Waals surface area contributed by atoms with Crippen LogP contribution in [0.3, 0.4) is 0 Å². The van der Waals surface area contributed by atoms with E-state index in [-0.39, 0.29) is 0 Å². The standard InChI is InChI=1S/C18H44O3Si3/c1-9-11-12-13-14-15-16-17-18-24(19-10-2,20-22(3,4)5)21-23(6,7)8/h9-18H2,1-8H3. The van der Waals surface area contributed by atoms with Crippen molar-refractivity contribution in [3.05, 3.63) is 0 Å². The molecule has 0 fully saturated rings. The first-order valence-electron chi connectivity index (χ1n) is 10.1. The average Bonchev–Trinajstić information content (AvgIpc) is 2.38. The third kappa shape index (κ3) is 13.8. The Bertz CT molecular complexity index is 296. The van der Waals surface area contributed by atoms with Crippen LogP contribution in [0.15, 0.2) is 0 Å². The maximum Gasteiger partial charge on any atom is 0.479 e. The summed E-state index contributed by atoms with van der Waals surface area (Å²) in [6, 6.07) is 0.990. The average molecular weight is 393 g/mol. The van der Waals surface area contributed by atoms with E-state index < -0.39 is 25.4 Å². The normalized spacial score (nSPS) is 13.5. The van der Waals surface area contributed by atoms with Crippen molar-refractivity contribution in [1.29, 1.82) is 0 Å². The fourth-order valence-corrected chi connectivity index (χ4v) is 13.4. The van der Waals surface area contributed by atoms with Gasteiger partial charge in [-0.1, -0.05) is 51.9 Å². The van der Waals surface area contributed by atoms with Gasteiger partial charge in [-0.05, 0) is 52.6 Å². The fraction of sp³-hybridized carbons (Fsp3) is 1.00. The summed E-state index contributed by atoms with van der Waals surface area (Å²) in [6.45, 7) is 18.5. The number of rotatable bonds is 15. The van der Waals surface area contributed by atoms with Crippen molar-refractivity contribution in [2.75, 3.05) is 6.61 Å². The predicted octanol–water partition coefficient (Wildman–Crippen LogP) is 6.81. The topological polar surface area (TPSA) is 27.7 Å². The van der Waals surface area contributed by atoms with Crippen molar-refractivity contribution in [2.45, 2.75) is 111 Å². The number of hydrogen-bond donors (Lipinski definition) is 0. The minimum absolute atomic E-state index is 0.693. The van der Waals surface area contributed by atoms with Crippen LogP contribution in [0, 0.1) is 0 Å². The lowest BCUT2D eigenvalue weighted by Crippen LogP contribution is -2.56. The molecule has 0 saturated carbocycles. The minimum atomic E-state index is -2.52. The molecule has 0 radical (unpaired) electrons. The van der Waals surface area contributed by atoms with Crippen LogP contribution in [0.25, 0.3) is 0 Å². The summed E-state index contributed by atoms with van der Waals surface area (Å²) >= 11 is 0. The molecule has 0 saturated heterocycles. The lowest BCUT2D eigenvalue weighted by Gasteiger charge is -2.39. The summed E-state index contributed by atoms with van der Waals surface area (Å²) in [6.07, 6.45) is 10.6. The molecule has 0 rings (SSSR count). The number of unbranched alkanes of at least 4 members (excludes halogenated alkanes) is 7. The molecule has 3 nitrogen and oxygen atoms in total. The van der Waals surface area contributed by atoms with E-state index >= 15 is 0 Å². The summed E-state index contributed by atoms with van der Waals surface area (Å²) in [5, 5.41) is 0. The molecule has 0 atom stereocenters. The van der Waals surface area contributed by atoms with Gasteiger partial charge < -0.3 is 12.7 Å². The first-order valence-corrected chi connectivity index (χ1v) is 18.8. The SMILES string of the molecule is CCCCCCCCCC[Si](OCC)(O[Si](C)(C)C)O[Si](C)(C)C. The Morgan fingerprint density at radius 3 is 1.38 bits per heavy atom. The highest BCUT2D eigenvalue weighted by molar-refractivity contribution is 6.85. The molecule has 0 amide bonds. The lowest BCUT2D eigenvalue weighted by atomic mass is 10.1. The van der Waals surface area contributed by atoms with Crippen molar-refractivity contribution in [2.24, 2.45) is 0 Å². The van der Waals surface area contributed by atoms with Crippen molar-refractivity contribution in [1.82, 2.24) is 0 Å². The third-order valence-electron chi connectivity index (χ3n) is 3.62. The van der Waals surface area contributed by atoms with Crippen LogP contribution in [0.2, 0.25) is 45.3 Å². The zero-order valence-electron chi connectivity index (χ0n) is 17.8. The Morgan fingerprint density at radius 1 is 0.583 bits per heavy atom. The van der Waals surface area contributed by atoms with E-state index in [0.29, 0.717) is 6.61 Å². The van der Waals surface area contributed by atoms with Crippen LogP contribution in [0.5, 0.6) is 0 Å². The van der Waals surface area contributed by atoms with Gasteiger partial charge in [0.15, 0.2) is 16.6 Å². The summed E-state index contributed by atoms with van der Waals surface area (Å²) in [5.74, 6) is 0. The predicted molar refractivity (Wildman–Crippen MR) is 114 cm³/mol. The van der Waals surface area contributed by atoms with Crippen LogP contribution in [-0.2, 0) is 12.7 Å². The molecule has 6 heteroatoms. The van der Waals surface area contributed by atoms with Crippen LogP contribution >= 0.6 is 0 Å². The third-order valence-corrected chi connectivity index (χ3v) is 12.7. The van der Waals surface area contributed by atoms with Crippen molar-refractivity contribution in [3.8, 4) is 0 Å². The van der Waals surface area contributed by atoms with Crippen molar-refractivity contribution < 1.29 is 12.7 Å². The van der Waals surface area contributed by atoms with E-state index in [2.05, 4.69) is 53.1 Å². The molecule has 0 aromatic rings. The van der Waals surface area contributed by atoms with Gasteiger partial charge in [-0.3, -0.25) is 0 Å². The summed E-state index contributed by atoms with van der Waals surface area (Å²) < 4.78 is 19.3. The zero-order valence-corrected chi connectivity index (χ0v) is 20.8. The van der Waals surface area contributed by atoms with Gasteiger partial charge in [-0.25, -0.2) is 0 Å². The Kier molecular flexibility index (Phi) is 12.3. The molecule has 0 bridgehead atoms. The second-order valence-corrected chi connectivity index (χ2v) is 21.0. The van der Waals surface area contributed by atoms with Gasteiger partial charge in [0.2, 0.25) is 0 Å². The van der Waals surface area contributed by atoms with Crippen molar-refractivity contribution >= 4 is 25.4 Å². The smallest absolute Gasteiger partial charge is 0.416 e. The Labute approximate surface area is 155 Å². The Balaban J connectivity index is 4.52. The molecule has 0 aromatic carbocycles. The molecule has 146 valence electrons. The molecule has 0 aliphatic carbocycles. The first kappa shape index (κ1) is 24.5. The molecule has 0 spiro atoms. The second-order valence-electron chi connectivity index (χ2n) is 8.77. The largest absolute Gasteiger partial charge is 0.479 e. The molecule has 0 unspecified atom stereocenters. The molecule has 0 heterocycles. The second kappa shape index (κ2) is 12.0. The highest BCUT2D eigenvalue weighted by Crippen LogP contribution is 2.28. The van der Waals surface area contributed by atoms with Gasteiger partial charge in [0.05, 0.1) is 0 Å². The van der Waals surface area contributed by atoms with E-state index in [0.717, 1.165) is 6.04 Å². The maximum atomic E-state index is 6.57. The summed E-state index contributed by atoms with van der Waals surface area (Å²) in [5.41, 5.74) is 0. The van der Waals surface area contributed by atoms with Crippen LogP contribution in [0.1, 0.15) is 65.2 Å². The monoisotopic (exact) mass is 392 g/mol. The maximum absolute atomic E-state index is 6.57. The first-order chi connectivity index (χ1) is 11.0. The minimum Gasteiger partial charge on any atom is -0.416 e. The molecule has 0 aromatic heterocycles. The van der Waals surface area contributed by atoms with Gasteiger partial charge in [0.1, 0.15) is 0 Å². The van der Waals surface area contributed by atoms with Gasteiger partial charge in [-0.2, -0.15) is 0 Å². The molecule has 0 N–H and O–H groups in total. The van der Waals surface area contributed by atoms with Crippen LogP contribution < -0.4 is 0 Å². The van der Waals surface area contributed by atoms with E-state index in [1.807, 2.05) is 0 Å². The van der Waals surface area contributed by atoms with E-state index in [4.69, 9.17) is 12.7 Å². The van der Waals surface area contributed by atoms with E-state index in [9.17, 15) is 0 Å². The Morgan fingerprint density at radius 2 is 1.00 bits per heavy atom. The quantitative estimate of drug-likeness (QED) is 0.226. The van der Waals surface area contributed by atoms with Gasteiger partial charge in [-0.15, -0.1) is 0 Å². The molecular weight excluding hydrogens is 348 g/mol. The van der Waals surface area contributed by atoms with Crippen LogP contribution in [-0.4, -0.2) is 32.0 Å². The van der Waals surface area contributed by atoms with E-state index in [1.165, 1.54) is 51.4 Å². The summed E-state index contributed by atoms with van der Waals surface area (Å²) in [4.78, 5) is 0. The van der Waals surface area contributed by atoms with Gasteiger partial charge in [0.25, 0.3) is 0 Å². The van der Waals surface area contributed by atoms with Crippen molar-refractivity contribution in [3.63, 3.8) is 0 Å². The molecule has 24 heavy (non-hydrogen) atoms. The zero-order chi connectivity index (χ0) is 18.7. The lowest BCUT2D eigenvalue weighted by molar-refractivity contribution is 0.167. The Hall–Kier alpha value is 0.531. The van der Waals surface area contributed by atoms with Gasteiger partial charge >= 0.3 is 8.80 Å². The molecule has 0 aliphatic rings. The van der Waals surface area contributed by atoms with Crippen LogP contribution in [0.4, 0.5) is 0 Å². The van der Waals surface area contributed by atoms with E-state index in [1.54, 1.807) is 0 Å². The fourth-order valence-electron chi connectivity index (χ4n) is 2.88. The highest BCUT2D eigenvalue weighted by Gasteiger charge is 2.46. The van der Waals surface area contributed by atoms with Gasteiger partial charge in [0, 0.05) is 12.7 Å². The number of hydrogen-bond acceptors (Lipinski definition) is 3.